The van der Waals surface area contributed by atoms with Gasteiger partial charge in [0.2, 0.25) is 11.8 Å². The minimum absolute atomic E-state index is 0.00296. The van der Waals surface area contributed by atoms with Gasteiger partial charge in [0, 0.05) is 26.2 Å². The van der Waals surface area contributed by atoms with Crippen molar-refractivity contribution in [1.29, 1.82) is 0 Å². The topological polar surface area (TPSA) is 40.6 Å². The number of piperidine rings is 1. The third-order valence-corrected chi connectivity index (χ3v) is 5.29. The molecule has 2 saturated heterocycles. The number of carbonyl (C=O) groups is 2. The van der Waals surface area contributed by atoms with E-state index in [1.54, 1.807) is 17.0 Å². The minimum atomic E-state index is -0.715. The van der Waals surface area contributed by atoms with Crippen molar-refractivity contribution in [2.45, 2.75) is 38.5 Å². The Bertz CT molecular complexity index is 615. The highest BCUT2D eigenvalue weighted by molar-refractivity contribution is 5.90. The van der Waals surface area contributed by atoms with E-state index in [1.807, 2.05) is 18.7 Å². The van der Waals surface area contributed by atoms with Gasteiger partial charge in [-0.15, -0.1) is 0 Å². The number of likely N-dealkylation sites (tertiary alicyclic amines) is 2. The monoisotopic (exact) mass is 332 g/mol. The third-order valence-electron chi connectivity index (χ3n) is 5.29. The van der Waals surface area contributed by atoms with Gasteiger partial charge in [-0.2, -0.15) is 0 Å². The highest BCUT2D eigenvalue weighted by atomic mass is 19.1. The van der Waals surface area contributed by atoms with E-state index in [0.29, 0.717) is 13.1 Å². The van der Waals surface area contributed by atoms with Crippen LogP contribution in [0.15, 0.2) is 24.3 Å². The summed E-state index contributed by atoms with van der Waals surface area (Å²) in [5.41, 5.74) is 0.0760. The van der Waals surface area contributed by atoms with E-state index in [4.69, 9.17) is 0 Å². The Kier molecular flexibility index (Phi) is 4.61. The second kappa shape index (κ2) is 6.54. The number of hydrogen-bond donors (Lipinski definition) is 0. The van der Waals surface area contributed by atoms with Gasteiger partial charge in [0.15, 0.2) is 0 Å². The number of halogens is 1. The van der Waals surface area contributed by atoms with Crippen molar-refractivity contribution in [3.05, 3.63) is 35.6 Å². The number of carbonyl (C=O) groups excluding carboxylic acids is 2. The summed E-state index contributed by atoms with van der Waals surface area (Å²) in [4.78, 5) is 28.9. The maximum atomic E-state index is 13.1. The maximum absolute atomic E-state index is 13.1. The molecular formula is C19H25FN2O2. The molecule has 0 bridgehead atoms. The van der Waals surface area contributed by atoms with Crippen LogP contribution < -0.4 is 0 Å². The van der Waals surface area contributed by atoms with Crippen molar-refractivity contribution in [2.24, 2.45) is 5.92 Å². The molecule has 0 radical (unpaired) electrons. The second-order valence-corrected chi connectivity index (χ2v) is 7.42. The fraction of sp³-hybridized carbons (Fsp3) is 0.579. The largest absolute Gasteiger partial charge is 0.342 e. The maximum Gasteiger partial charge on any atom is 0.232 e. The van der Waals surface area contributed by atoms with Crippen molar-refractivity contribution < 1.29 is 14.0 Å². The Morgan fingerprint density at radius 3 is 2.17 bits per heavy atom. The van der Waals surface area contributed by atoms with Crippen LogP contribution in [0.25, 0.3) is 0 Å². The van der Waals surface area contributed by atoms with E-state index in [2.05, 4.69) is 0 Å². The lowest BCUT2D eigenvalue weighted by Crippen LogP contribution is -2.60. The van der Waals surface area contributed by atoms with Crippen molar-refractivity contribution in [2.75, 3.05) is 26.2 Å². The highest BCUT2D eigenvalue weighted by Gasteiger charge is 2.43. The number of amides is 2. The molecule has 0 atom stereocenters. The molecule has 130 valence electrons. The van der Waals surface area contributed by atoms with E-state index < -0.39 is 5.41 Å². The van der Waals surface area contributed by atoms with Gasteiger partial charge in [0.05, 0.1) is 11.3 Å². The van der Waals surface area contributed by atoms with Crippen molar-refractivity contribution >= 4 is 11.8 Å². The lowest BCUT2D eigenvalue weighted by Gasteiger charge is -2.44. The van der Waals surface area contributed by atoms with Crippen molar-refractivity contribution in [3.63, 3.8) is 0 Å². The molecule has 2 heterocycles. The van der Waals surface area contributed by atoms with Crippen molar-refractivity contribution in [1.82, 2.24) is 9.80 Å². The van der Waals surface area contributed by atoms with Crippen molar-refractivity contribution in [3.8, 4) is 0 Å². The van der Waals surface area contributed by atoms with E-state index >= 15 is 0 Å². The van der Waals surface area contributed by atoms with Gasteiger partial charge in [-0.05, 0) is 50.8 Å². The average Bonchev–Trinajstić information content (AvgIpc) is 2.54. The summed E-state index contributed by atoms with van der Waals surface area (Å²) in [6, 6.07) is 6.07. The van der Waals surface area contributed by atoms with Crippen LogP contribution in [0.3, 0.4) is 0 Å². The first-order valence-corrected chi connectivity index (χ1v) is 8.74. The summed E-state index contributed by atoms with van der Waals surface area (Å²) >= 11 is 0. The summed E-state index contributed by atoms with van der Waals surface area (Å²) < 4.78 is 13.1. The minimum Gasteiger partial charge on any atom is -0.342 e. The molecule has 0 aromatic heterocycles. The Morgan fingerprint density at radius 2 is 1.58 bits per heavy atom. The Labute approximate surface area is 142 Å². The summed E-state index contributed by atoms with van der Waals surface area (Å²) in [7, 11) is 0. The van der Waals surface area contributed by atoms with Gasteiger partial charge in [-0.3, -0.25) is 9.59 Å². The average molecular weight is 332 g/mol. The van der Waals surface area contributed by atoms with E-state index in [1.165, 1.54) is 18.6 Å². The molecule has 0 saturated carbocycles. The van der Waals surface area contributed by atoms with Crippen LogP contribution in [0.1, 0.15) is 38.7 Å². The smallest absolute Gasteiger partial charge is 0.232 e. The molecule has 2 aliphatic rings. The Balaban J connectivity index is 1.59. The normalized spacial score (nSPS) is 19.1. The first kappa shape index (κ1) is 16.9. The number of benzene rings is 1. The van der Waals surface area contributed by atoms with E-state index in [-0.39, 0.29) is 23.5 Å². The summed E-state index contributed by atoms with van der Waals surface area (Å²) in [5, 5.41) is 0. The summed E-state index contributed by atoms with van der Waals surface area (Å²) in [6.45, 7) is 6.40. The van der Waals surface area contributed by atoms with Crippen LogP contribution >= 0.6 is 0 Å². The lowest BCUT2D eigenvalue weighted by atomic mass is 9.81. The van der Waals surface area contributed by atoms with Crippen LogP contribution in [-0.2, 0) is 15.0 Å². The molecule has 2 fully saturated rings. The van der Waals surface area contributed by atoms with E-state index in [0.717, 1.165) is 31.5 Å². The number of rotatable bonds is 3. The lowest BCUT2D eigenvalue weighted by molar-refractivity contribution is -0.151. The molecule has 1 aromatic carbocycles. The first-order chi connectivity index (χ1) is 11.4. The van der Waals surface area contributed by atoms with Crippen LogP contribution in [0.5, 0.6) is 0 Å². The van der Waals surface area contributed by atoms with Crippen LogP contribution in [0, 0.1) is 11.7 Å². The van der Waals surface area contributed by atoms with Crippen LogP contribution in [-0.4, -0.2) is 47.8 Å². The first-order valence-electron chi connectivity index (χ1n) is 8.74. The van der Waals surface area contributed by atoms with Gasteiger partial charge >= 0.3 is 0 Å². The zero-order chi connectivity index (χ0) is 17.3. The fourth-order valence-electron chi connectivity index (χ4n) is 3.56. The molecule has 0 N–H and O–H groups in total. The van der Waals surface area contributed by atoms with Gasteiger partial charge in [0.1, 0.15) is 5.82 Å². The molecule has 0 aliphatic carbocycles. The predicted molar refractivity (Wildman–Crippen MR) is 89.9 cm³/mol. The highest BCUT2D eigenvalue weighted by Crippen LogP contribution is 2.30. The molecule has 2 aliphatic heterocycles. The second-order valence-electron chi connectivity index (χ2n) is 7.42. The molecule has 4 nitrogen and oxygen atoms in total. The standard InChI is InChI=1S/C19H25FN2O2/c1-19(2,15-6-8-16(20)9-7-15)18(24)22-12-14(13-22)17(23)21-10-4-3-5-11-21/h6-9,14H,3-5,10-13H2,1-2H3. The number of hydrogen-bond acceptors (Lipinski definition) is 2. The third kappa shape index (κ3) is 3.17. The molecule has 0 spiro atoms. The van der Waals surface area contributed by atoms with Crippen LogP contribution in [0.2, 0.25) is 0 Å². The quantitative estimate of drug-likeness (QED) is 0.853. The molecule has 2 amide bonds. The molecule has 3 rings (SSSR count). The summed E-state index contributed by atoms with van der Waals surface area (Å²) in [6.07, 6.45) is 3.36. The number of nitrogens with zero attached hydrogens (tertiary/aromatic N) is 2. The molecule has 0 unspecified atom stereocenters. The Morgan fingerprint density at radius 1 is 1.00 bits per heavy atom. The molecule has 5 heteroatoms. The Hall–Kier alpha value is -1.91. The zero-order valence-electron chi connectivity index (χ0n) is 14.4. The molecular weight excluding hydrogens is 307 g/mol. The van der Waals surface area contributed by atoms with Gasteiger partial charge in [-0.1, -0.05) is 12.1 Å². The molecule has 1 aromatic rings. The van der Waals surface area contributed by atoms with Gasteiger partial charge in [-0.25, -0.2) is 4.39 Å². The zero-order valence-corrected chi connectivity index (χ0v) is 14.4. The SMILES string of the molecule is CC(C)(C(=O)N1CC(C(=O)N2CCCCC2)C1)c1ccc(F)cc1. The fourth-order valence-corrected chi connectivity index (χ4v) is 3.56. The van der Waals surface area contributed by atoms with Crippen LogP contribution in [0.4, 0.5) is 4.39 Å². The van der Waals surface area contributed by atoms with Gasteiger partial charge < -0.3 is 9.80 Å². The predicted octanol–water partition coefficient (Wildman–Crippen LogP) is 2.57. The summed E-state index contributed by atoms with van der Waals surface area (Å²) in [5.74, 6) is -0.177. The molecule has 24 heavy (non-hydrogen) atoms. The van der Waals surface area contributed by atoms with E-state index in [9.17, 15) is 14.0 Å². The van der Waals surface area contributed by atoms with Gasteiger partial charge in [0.25, 0.3) is 0 Å².